The third kappa shape index (κ3) is 2.97. The topological polar surface area (TPSA) is 83.6 Å². The SMILES string of the molecule is CCN(C(=O)C(C)(CC)CN)C(C)(C)C(=O)O. The summed E-state index contributed by atoms with van der Waals surface area (Å²) in [6.45, 7) is 9.06. The third-order valence-corrected chi connectivity index (χ3v) is 3.51. The lowest BCUT2D eigenvalue weighted by Crippen LogP contribution is -2.58. The van der Waals surface area contributed by atoms with Gasteiger partial charge in [-0.05, 0) is 34.1 Å². The molecule has 0 aliphatic heterocycles. The normalized spacial score (nSPS) is 15.2. The van der Waals surface area contributed by atoms with Gasteiger partial charge in [-0.1, -0.05) is 6.92 Å². The molecule has 0 spiro atoms. The van der Waals surface area contributed by atoms with Gasteiger partial charge in [-0.2, -0.15) is 0 Å². The van der Waals surface area contributed by atoms with E-state index in [0.29, 0.717) is 13.0 Å². The number of rotatable bonds is 6. The van der Waals surface area contributed by atoms with Crippen molar-refractivity contribution in [2.24, 2.45) is 11.1 Å². The van der Waals surface area contributed by atoms with E-state index < -0.39 is 16.9 Å². The van der Waals surface area contributed by atoms with Crippen LogP contribution in [0, 0.1) is 5.41 Å². The Morgan fingerprint density at radius 2 is 1.71 bits per heavy atom. The van der Waals surface area contributed by atoms with Crippen LogP contribution in [0.2, 0.25) is 0 Å². The maximum absolute atomic E-state index is 12.4. The summed E-state index contributed by atoms with van der Waals surface area (Å²) in [4.78, 5) is 25.0. The smallest absolute Gasteiger partial charge is 0.329 e. The number of aliphatic carboxylic acids is 1. The molecule has 0 aromatic carbocycles. The molecular formula is C12H24N2O3. The summed E-state index contributed by atoms with van der Waals surface area (Å²) in [7, 11) is 0. The predicted molar refractivity (Wildman–Crippen MR) is 66.6 cm³/mol. The van der Waals surface area contributed by atoms with Crippen molar-refractivity contribution in [1.82, 2.24) is 4.90 Å². The van der Waals surface area contributed by atoms with Gasteiger partial charge in [0.15, 0.2) is 0 Å². The van der Waals surface area contributed by atoms with Crippen LogP contribution < -0.4 is 5.73 Å². The number of hydrogen-bond donors (Lipinski definition) is 2. The number of amides is 1. The number of carbonyl (C=O) groups excluding carboxylic acids is 1. The standard InChI is InChI=1S/C12H24N2O3/c1-6-12(5,8-13)9(15)14(7-2)11(3,4)10(16)17/h6-8,13H2,1-5H3,(H,16,17). The number of carboxylic acid groups (broad SMARTS) is 1. The van der Waals surface area contributed by atoms with Crippen molar-refractivity contribution in [1.29, 1.82) is 0 Å². The summed E-state index contributed by atoms with van der Waals surface area (Å²) in [5, 5.41) is 9.18. The number of nitrogens with zero attached hydrogens (tertiary/aromatic N) is 1. The first kappa shape index (κ1) is 15.9. The van der Waals surface area contributed by atoms with Crippen LogP contribution in [0.4, 0.5) is 0 Å². The van der Waals surface area contributed by atoms with Gasteiger partial charge >= 0.3 is 5.97 Å². The highest BCUT2D eigenvalue weighted by Crippen LogP contribution is 2.27. The lowest BCUT2D eigenvalue weighted by atomic mass is 9.84. The van der Waals surface area contributed by atoms with Gasteiger partial charge in [0.1, 0.15) is 5.54 Å². The van der Waals surface area contributed by atoms with E-state index in [4.69, 9.17) is 5.73 Å². The van der Waals surface area contributed by atoms with Gasteiger partial charge in [0.25, 0.3) is 0 Å². The first-order chi connectivity index (χ1) is 7.67. The largest absolute Gasteiger partial charge is 0.480 e. The molecule has 0 bridgehead atoms. The van der Waals surface area contributed by atoms with E-state index in [9.17, 15) is 14.7 Å². The molecule has 0 radical (unpaired) electrons. The van der Waals surface area contributed by atoms with Crippen molar-refractivity contribution in [3.8, 4) is 0 Å². The van der Waals surface area contributed by atoms with E-state index in [1.807, 2.05) is 6.92 Å². The maximum atomic E-state index is 12.4. The summed E-state index contributed by atoms with van der Waals surface area (Å²) >= 11 is 0. The highest BCUT2D eigenvalue weighted by atomic mass is 16.4. The zero-order valence-electron chi connectivity index (χ0n) is 11.4. The monoisotopic (exact) mass is 244 g/mol. The molecule has 0 aliphatic rings. The first-order valence-corrected chi connectivity index (χ1v) is 5.92. The molecule has 3 N–H and O–H groups in total. The van der Waals surface area contributed by atoms with Crippen LogP contribution in [0.15, 0.2) is 0 Å². The Hall–Kier alpha value is -1.10. The van der Waals surface area contributed by atoms with Gasteiger partial charge < -0.3 is 15.7 Å². The van der Waals surface area contributed by atoms with Crippen LogP contribution in [-0.2, 0) is 9.59 Å². The maximum Gasteiger partial charge on any atom is 0.329 e. The fourth-order valence-corrected chi connectivity index (χ4v) is 1.62. The van der Waals surface area contributed by atoms with Crippen molar-refractivity contribution >= 4 is 11.9 Å². The summed E-state index contributed by atoms with van der Waals surface area (Å²) in [5.74, 6) is -1.21. The minimum atomic E-state index is -1.21. The molecule has 1 amide bonds. The van der Waals surface area contributed by atoms with Gasteiger partial charge in [-0.15, -0.1) is 0 Å². The van der Waals surface area contributed by atoms with E-state index in [2.05, 4.69) is 0 Å². The molecule has 0 saturated heterocycles. The van der Waals surface area contributed by atoms with Crippen molar-refractivity contribution in [2.75, 3.05) is 13.1 Å². The van der Waals surface area contributed by atoms with Crippen molar-refractivity contribution < 1.29 is 14.7 Å². The molecule has 0 aromatic rings. The second-order valence-electron chi connectivity index (χ2n) is 5.03. The van der Waals surface area contributed by atoms with Crippen molar-refractivity contribution in [3.63, 3.8) is 0 Å². The molecule has 5 heteroatoms. The quantitative estimate of drug-likeness (QED) is 0.732. The summed E-state index contributed by atoms with van der Waals surface area (Å²) in [5.41, 5.74) is 3.73. The van der Waals surface area contributed by atoms with E-state index in [0.717, 1.165) is 0 Å². The lowest BCUT2D eigenvalue weighted by molar-refractivity contribution is -0.161. The van der Waals surface area contributed by atoms with Gasteiger partial charge in [0.2, 0.25) is 5.91 Å². The lowest BCUT2D eigenvalue weighted by Gasteiger charge is -2.40. The zero-order chi connectivity index (χ0) is 13.9. The Balaban J connectivity index is 5.29. The summed E-state index contributed by atoms with van der Waals surface area (Å²) in [6, 6.07) is 0. The van der Waals surface area contributed by atoms with E-state index in [-0.39, 0.29) is 12.5 Å². The second kappa shape index (κ2) is 5.49. The molecule has 0 heterocycles. The molecule has 0 saturated carbocycles. The van der Waals surface area contributed by atoms with Crippen LogP contribution >= 0.6 is 0 Å². The van der Waals surface area contributed by atoms with Gasteiger partial charge in [-0.3, -0.25) is 4.79 Å². The zero-order valence-corrected chi connectivity index (χ0v) is 11.4. The van der Waals surface area contributed by atoms with Crippen molar-refractivity contribution in [3.05, 3.63) is 0 Å². The minimum Gasteiger partial charge on any atom is -0.480 e. The summed E-state index contributed by atoms with van der Waals surface area (Å²) in [6.07, 6.45) is 0.592. The molecule has 0 aromatic heterocycles. The number of carboxylic acids is 1. The van der Waals surface area contributed by atoms with Crippen LogP contribution in [-0.4, -0.2) is 40.5 Å². The Morgan fingerprint density at radius 3 is 1.94 bits per heavy atom. The number of carbonyl (C=O) groups is 2. The average Bonchev–Trinajstić information content (AvgIpc) is 2.28. The van der Waals surface area contributed by atoms with Crippen LogP contribution in [0.1, 0.15) is 41.0 Å². The number of hydrogen-bond acceptors (Lipinski definition) is 3. The highest BCUT2D eigenvalue weighted by molar-refractivity contribution is 5.89. The fourth-order valence-electron chi connectivity index (χ4n) is 1.62. The second-order valence-corrected chi connectivity index (χ2v) is 5.03. The van der Waals surface area contributed by atoms with Gasteiger partial charge in [0, 0.05) is 13.1 Å². The van der Waals surface area contributed by atoms with E-state index in [1.165, 1.54) is 18.7 Å². The average molecular weight is 244 g/mol. The Kier molecular flexibility index (Phi) is 5.13. The first-order valence-electron chi connectivity index (χ1n) is 5.92. The van der Waals surface area contributed by atoms with Crippen molar-refractivity contribution in [2.45, 2.75) is 46.6 Å². The molecule has 0 aliphatic carbocycles. The minimum absolute atomic E-state index is 0.197. The fraction of sp³-hybridized carbons (Fsp3) is 0.833. The van der Waals surface area contributed by atoms with Crippen LogP contribution in [0.5, 0.6) is 0 Å². The number of nitrogens with two attached hydrogens (primary N) is 1. The molecule has 100 valence electrons. The molecule has 17 heavy (non-hydrogen) atoms. The highest BCUT2D eigenvalue weighted by Gasteiger charge is 2.43. The Morgan fingerprint density at radius 1 is 1.24 bits per heavy atom. The third-order valence-electron chi connectivity index (χ3n) is 3.51. The molecule has 5 nitrogen and oxygen atoms in total. The van der Waals surface area contributed by atoms with Crippen LogP contribution in [0.3, 0.4) is 0 Å². The molecular weight excluding hydrogens is 220 g/mol. The molecule has 1 atom stereocenters. The van der Waals surface area contributed by atoms with Crippen LogP contribution in [0.25, 0.3) is 0 Å². The summed E-state index contributed by atoms with van der Waals surface area (Å²) < 4.78 is 0. The van der Waals surface area contributed by atoms with E-state index in [1.54, 1.807) is 13.8 Å². The van der Waals surface area contributed by atoms with E-state index >= 15 is 0 Å². The Bertz CT molecular complexity index is 296. The predicted octanol–water partition coefficient (Wildman–Crippen LogP) is 1.07. The Labute approximate surface area is 103 Å². The molecule has 0 rings (SSSR count). The van der Waals surface area contributed by atoms with Gasteiger partial charge in [-0.25, -0.2) is 4.79 Å². The molecule has 0 fully saturated rings. The number of likely N-dealkylation sites (N-methyl/N-ethyl adjacent to an activating group) is 1. The van der Waals surface area contributed by atoms with Gasteiger partial charge in [0.05, 0.1) is 5.41 Å². The molecule has 1 unspecified atom stereocenters.